The first-order valence-corrected chi connectivity index (χ1v) is 32.0. The molecule has 28 heteroatoms. The van der Waals surface area contributed by atoms with E-state index >= 15 is 0 Å². The number of halogens is 1. The molecule has 27 nitrogen and oxygen atoms in total. The Hall–Kier alpha value is -10.4. The van der Waals surface area contributed by atoms with Crippen LogP contribution < -0.4 is 42.4 Å². The van der Waals surface area contributed by atoms with Gasteiger partial charge in [-0.25, -0.2) is 24.2 Å². The number of urea groups is 1. The highest BCUT2D eigenvalue weighted by Crippen LogP contribution is 2.47. The molecule has 2 aliphatic rings. The summed E-state index contributed by atoms with van der Waals surface area (Å²) in [6.45, 7) is 7.34. The van der Waals surface area contributed by atoms with E-state index in [0.717, 1.165) is 39.1 Å². The highest BCUT2D eigenvalue weighted by molar-refractivity contribution is 6.20. The summed E-state index contributed by atoms with van der Waals surface area (Å²) in [5.41, 5.74) is 16.3. The van der Waals surface area contributed by atoms with Crippen LogP contribution in [0.5, 0.6) is 5.75 Å². The Labute approximate surface area is 558 Å². The van der Waals surface area contributed by atoms with Crippen LogP contribution in [0.1, 0.15) is 101 Å². The van der Waals surface area contributed by atoms with Crippen molar-refractivity contribution in [3.63, 3.8) is 0 Å². The SMILES string of the molecule is Cc1ccc(C(=O)Nc2cnc3[nH]c(C(=O)N4C[C@@H](CCl)c5c4cc(OC(=O)N(CCCCC(N)=O)CCN(C)C(=O)OCc4ccc(NC(=O)[C@H](CCCNC(N)=O)CC(=O)[C@@H](NC(=O)OCCOCCN6C(=O)C=CC6=O)C(C)C)cc4)c4cccc(C)c54)cc3c2)cc1. The zero-order valence-corrected chi connectivity index (χ0v) is 54.8. The summed E-state index contributed by atoms with van der Waals surface area (Å²) < 4.78 is 22.5. The van der Waals surface area contributed by atoms with Crippen LogP contribution >= 0.6 is 11.6 Å². The molecule has 96 heavy (non-hydrogen) atoms. The number of primary amides is 2. The van der Waals surface area contributed by atoms with Gasteiger partial charge in [-0.1, -0.05) is 61.9 Å². The minimum Gasteiger partial charge on any atom is -0.447 e. The number of aromatic nitrogens is 2. The van der Waals surface area contributed by atoms with E-state index in [2.05, 4.69) is 31.2 Å². The summed E-state index contributed by atoms with van der Waals surface area (Å²) in [7, 11) is 1.50. The minimum atomic E-state index is -1.04. The number of amides is 11. The number of unbranched alkanes of at least 4 members (excludes halogenated alkanes) is 1. The largest absolute Gasteiger partial charge is 0.447 e. The Morgan fingerprint density at radius 1 is 0.812 bits per heavy atom. The molecule has 8 rings (SSSR count). The fourth-order valence-electron chi connectivity index (χ4n) is 11.1. The lowest BCUT2D eigenvalue weighted by atomic mass is 9.89. The fraction of sp³-hybridized carbons (Fsp3) is 0.382. The summed E-state index contributed by atoms with van der Waals surface area (Å²) in [6.07, 6.45) is 2.41. The molecule has 0 bridgehead atoms. The normalized spacial score (nSPS) is 13.9. The van der Waals surface area contributed by atoms with Gasteiger partial charge in [-0.15, -0.1) is 11.6 Å². The lowest BCUT2D eigenvalue weighted by Crippen LogP contribution is -2.46. The first-order chi connectivity index (χ1) is 46.0. The number of anilines is 3. The van der Waals surface area contributed by atoms with Gasteiger partial charge >= 0.3 is 24.3 Å². The van der Waals surface area contributed by atoms with Crippen molar-refractivity contribution in [1.29, 1.82) is 0 Å². The molecule has 2 aliphatic heterocycles. The summed E-state index contributed by atoms with van der Waals surface area (Å²) in [5.74, 6) is -4.35. The van der Waals surface area contributed by atoms with Gasteiger partial charge in [-0.3, -0.25) is 38.5 Å². The van der Waals surface area contributed by atoms with Crippen LogP contribution in [-0.2, 0) is 44.8 Å². The third-order valence-corrected chi connectivity index (χ3v) is 16.6. The van der Waals surface area contributed by atoms with Crippen LogP contribution in [0.15, 0.2) is 103 Å². The number of pyridine rings is 1. The zero-order chi connectivity index (χ0) is 69.2. The van der Waals surface area contributed by atoms with Crippen molar-refractivity contribution in [3.05, 3.63) is 137 Å². The van der Waals surface area contributed by atoms with Crippen LogP contribution in [0.25, 0.3) is 21.8 Å². The second-order valence-corrected chi connectivity index (χ2v) is 24.1. The maximum absolute atomic E-state index is 14.7. The van der Waals surface area contributed by atoms with E-state index in [9.17, 15) is 52.7 Å². The van der Waals surface area contributed by atoms with Gasteiger partial charge in [-0.05, 0) is 104 Å². The van der Waals surface area contributed by atoms with Gasteiger partial charge in [0.05, 0.1) is 43.4 Å². The van der Waals surface area contributed by atoms with E-state index in [1.165, 1.54) is 23.0 Å². The number of rotatable bonds is 32. The Balaban J connectivity index is 0.875. The number of nitrogens with one attached hydrogen (secondary N) is 5. The summed E-state index contributed by atoms with van der Waals surface area (Å²) in [6, 6.07) is 22.4. The van der Waals surface area contributed by atoms with Crippen molar-refractivity contribution in [3.8, 4) is 5.75 Å². The second-order valence-electron chi connectivity index (χ2n) is 23.8. The molecule has 0 saturated heterocycles. The Morgan fingerprint density at radius 2 is 1.55 bits per heavy atom. The molecule has 3 atom stereocenters. The zero-order valence-electron chi connectivity index (χ0n) is 54.0. The number of Topliss-reactive ketones (excluding diaryl/α,β-unsaturated/α-hetero) is 1. The smallest absolute Gasteiger partial charge is 0.415 e. The number of hydrogen-bond donors (Lipinski definition) is 7. The Kier molecular flexibility index (Phi) is 25.0. The molecule has 4 heterocycles. The van der Waals surface area contributed by atoms with Crippen LogP contribution in [0, 0.1) is 25.7 Å². The average Bonchev–Trinajstić information content (AvgIpc) is 1.51. The molecule has 4 aromatic carbocycles. The molecule has 0 aliphatic carbocycles. The number of hydrogen-bond acceptors (Lipinski definition) is 16. The maximum Gasteiger partial charge on any atom is 0.415 e. The van der Waals surface area contributed by atoms with Gasteiger partial charge in [0.2, 0.25) is 11.8 Å². The molecule has 0 saturated carbocycles. The number of imide groups is 1. The molecule has 0 unspecified atom stereocenters. The van der Waals surface area contributed by atoms with Crippen LogP contribution in [0.2, 0.25) is 0 Å². The number of nitrogens with zero attached hydrogens (tertiary/aromatic N) is 5. The average molecular weight is 1340 g/mol. The van der Waals surface area contributed by atoms with Crippen molar-refractivity contribution in [2.75, 3.05) is 87.6 Å². The van der Waals surface area contributed by atoms with Gasteiger partial charge in [0.25, 0.3) is 23.6 Å². The molecular weight excluding hydrogens is 1260 g/mol. The van der Waals surface area contributed by atoms with E-state index in [1.54, 1.807) is 73.3 Å². The third-order valence-electron chi connectivity index (χ3n) is 16.3. The number of likely N-dealkylation sites (N-methyl/N-ethyl adjacent to an activating group) is 1. The number of alkyl halides is 1. The molecule has 0 radical (unpaired) electrons. The molecular formula is C68H79ClN12O15. The van der Waals surface area contributed by atoms with Crippen molar-refractivity contribution in [2.24, 2.45) is 23.3 Å². The van der Waals surface area contributed by atoms with Crippen molar-refractivity contribution in [1.82, 2.24) is 35.3 Å². The maximum atomic E-state index is 14.7. The number of ketones is 1. The monoisotopic (exact) mass is 1340 g/mol. The summed E-state index contributed by atoms with van der Waals surface area (Å²) >= 11 is 6.67. The standard InChI is InChI=1S/C68H79ClN12O15/c1-40(2)60(77-66(90)94-31-30-93-29-28-80-56(84)22-23-57(80)85)53(82)34-45(11-9-24-72-65(71)89)63(87)74-48-20-16-43(17-21-48)39-95-67(91)78(5)26-27-79(25-7-6-13-55(70)83)68(92)96-54-35-52-59(58-42(4)10-8-12-50(54)58)47(36-69)38-81(52)64(88)51-33-46-32-49(37-73-61(46)76-51)75-62(86)44-18-14-41(3)15-19-44/h8,10,12,14-23,32-33,35,37,40,45,47,60H,6-7,9,11,13,24-31,34,36,38-39H2,1-5H3,(H2,70,83)(H,73,76)(H,74,87)(H,75,86)(H,77,90)(H3,71,72,89)/t45-,47-,60+/m1/s1. The number of aryl methyl sites for hydroxylation is 2. The summed E-state index contributed by atoms with van der Waals surface area (Å²) in [5, 5.41) is 12.7. The fourth-order valence-corrected chi connectivity index (χ4v) is 11.3. The number of H-pyrrole nitrogens is 1. The predicted octanol–water partition coefficient (Wildman–Crippen LogP) is 7.95. The van der Waals surface area contributed by atoms with E-state index in [1.807, 2.05) is 44.2 Å². The van der Waals surface area contributed by atoms with E-state index in [-0.39, 0.29) is 121 Å². The number of fused-ring (bicyclic) bond motifs is 4. The number of alkyl carbamates (subject to hydrolysis) is 1. The van der Waals surface area contributed by atoms with Crippen molar-refractivity contribution in [2.45, 2.75) is 84.8 Å². The van der Waals surface area contributed by atoms with E-state index in [4.69, 9.17) is 42.0 Å². The number of carbonyl (C=O) groups is 11. The molecule has 0 spiro atoms. The Bertz CT molecular complexity index is 3900. The van der Waals surface area contributed by atoms with Gasteiger partial charge in [-0.2, -0.15) is 0 Å². The number of nitrogens with two attached hydrogens (primary N) is 2. The summed E-state index contributed by atoms with van der Waals surface area (Å²) in [4.78, 5) is 156. The number of ether oxygens (including phenoxy) is 4. The highest BCUT2D eigenvalue weighted by atomic mass is 35.5. The van der Waals surface area contributed by atoms with Crippen LogP contribution in [0.3, 0.4) is 0 Å². The van der Waals surface area contributed by atoms with Gasteiger partial charge in [0, 0.05) is 111 Å². The van der Waals surface area contributed by atoms with Crippen molar-refractivity contribution >= 4 is 116 Å². The lowest BCUT2D eigenvalue weighted by Gasteiger charge is -2.26. The van der Waals surface area contributed by atoms with Gasteiger partial charge in [0.1, 0.15) is 30.3 Å². The minimum absolute atomic E-state index is 0.0110. The molecule has 0 fully saturated rings. The molecule has 11 amide bonds. The predicted molar refractivity (Wildman–Crippen MR) is 357 cm³/mol. The first kappa shape index (κ1) is 71.4. The van der Waals surface area contributed by atoms with Crippen LogP contribution in [-0.4, -0.2) is 168 Å². The molecule has 2 aromatic heterocycles. The molecule has 6 aromatic rings. The number of carbonyl (C=O) groups excluding carboxylic acids is 11. The number of benzene rings is 4. The molecule has 508 valence electrons. The number of aromatic amines is 1. The second kappa shape index (κ2) is 33.6. The highest BCUT2D eigenvalue weighted by Gasteiger charge is 2.37. The first-order valence-electron chi connectivity index (χ1n) is 31.4. The van der Waals surface area contributed by atoms with Gasteiger partial charge in [0.15, 0.2) is 5.78 Å². The van der Waals surface area contributed by atoms with Crippen LogP contribution in [0.4, 0.5) is 36.2 Å². The van der Waals surface area contributed by atoms with E-state index < -0.39 is 77.5 Å². The van der Waals surface area contributed by atoms with E-state index in [0.29, 0.717) is 57.5 Å². The quantitative estimate of drug-likeness (QED) is 0.0120. The lowest BCUT2D eigenvalue weighted by molar-refractivity contribution is -0.137. The topological polar surface area (TPSA) is 366 Å². The third kappa shape index (κ3) is 19.1. The van der Waals surface area contributed by atoms with Crippen molar-refractivity contribution < 1.29 is 71.7 Å². The van der Waals surface area contributed by atoms with Gasteiger partial charge < -0.3 is 71.4 Å². The Morgan fingerprint density at radius 3 is 2.25 bits per heavy atom. The molecule has 9 N–H and O–H groups in total.